The van der Waals surface area contributed by atoms with Crippen LogP contribution in [0.2, 0.25) is 0 Å². The SMILES string of the molecule is CCNC(=NCCc1ccc(OC)c(OC(F)F)c1)NCCNC(=O)C1CC1. The molecule has 0 aliphatic heterocycles. The van der Waals surface area contributed by atoms with Crippen molar-refractivity contribution in [1.29, 1.82) is 0 Å². The zero-order valence-electron chi connectivity index (χ0n) is 16.3. The summed E-state index contributed by atoms with van der Waals surface area (Å²) in [6, 6.07) is 4.93. The highest BCUT2D eigenvalue weighted by Crippen LogP contribution is 2.29. The number of amides is 1. The molecular formula is C19H28F2N4O3. The largest absolute Gasteiger partial charge is 0.493 e. The molecule has 3 N–H and O–H groups in total. The number of benzene rings is 1. The number of guanidine groups is 1. The number of hydrogen-bond donors (Lipinski definition) is 3. The summed E-state index contributed by atoms with van der Waals surface area (Å²) in [4.78, 5) is 16.1. The van der Waals surface area contributed by atoms with E-state index < -0.39 is 6.61 Å². The lowest BCUT2D eigenvalue weighted by molar-refractivity contribution is -0.122. The van der Waals surface area contributed by atoms with Gasteiger partial charge in [0.05, 0.1) is 7.11 Å². The normalized spacial score (nSPS) is 14.0. The minimum Gasteiger partial charge on any atom is -0.493 e. The number of nitrogens with zero attached hydrogens (tertiary/aromatic N) is 1. The average Bonchev–Trinajstić information content (AvgIpc) is 3.50. The van der Waals surface area contributed by atoms with Gasteiger partial charge in [0.15, 0.2) is 17.5 Å². The van der Waals surface area contributed by atoms with E-state index in [4.69, 9.17) is 4.74 Å². The van der Waals surface area contributed by atoms with Crippen molar-refractivity contribution in [3.63, 3.8) is 0 Å². The van der Waals surface area contributed by atoms with Gasteiger partial charge in [0.2, 0.25) is 5.91 Å². The van der Waals surface area contributed by atoms with Crippen LogP contribution in [0.3, 0.4) is 0 Å². The van der Waals surface area contributed by atoms with Gasteiger partial charge < -0.3 is 25.4 Å². The Balaban J connectivity index is 1.82. The molecule has 0 unspecified atom stereocenters. The highest BCUT2D eigenvalue weighted by Gasteiger charge is 2.28. The first-order chi connectivity index (χ1) is 13.5. The average molecular weight is 398 g/mol. The third kappa shape index (κ3) is 7.58. The van der Waals surface area contributed by atoms with Gasteiger partial charge in [-0.25, -0.2) is 0 Å². The lowest BCUT2D eigenvalue weighted by Gasteiger charge is -2.13. The lowest BCUT2D eigenvalue weighted by Crippen LogP contribution is -2.41. The summed E-state index contributed by atoms with van der Waals surface area (Å²) < 4.78 is 34.6. The van der Waals surface area contributed by atoms with Crippen LogP contribution in [0.15, 0.2) is 23.2 Å². The minimum absolute atomic E-state index is 0.00964. The molecule has 1 amide bonds. The predicted octanol–water partition coefficient (Wildman–Crippen LogP) is 1.92. The number of carbonyl (C=O) groups is 1. The summed E-state index contributed by atoms with van der Waals surface area (Å²) >= 11 is 0. The molecule has 1 aliphatic rings. The van der Waals surface area contributed by atoms with E-state index in [1.165, 1.54) is 13.2 Å². The molecule has 0 radical (unpaired) electrons. The highest BCUT2D eigenvalue weighted by atomic mass is 19.3. The van der Waals surface area contributed by atoms with Crippen LogP contribution in [0.25, 0.3) is 0 Å². The minimum atomic E-state index is -2.91. The molecule has 1 fully saturated rings. The van der Waals surface area contributed by atoms with Crippen LogP contribution in [0.5, 0.6) is 11.5 Å². The van der Waals surface area contributed by atoms with E-state index in [0.717, 1.165) is 18.4 Å². The first-order valence-electron chi connectivity index (χ1n) is 9.45. The Hall–Kier alpha value is -2.58. The second-order valence-electron chi connectivity index (χ2n) is 6.37. The Bertz CT molecular complexity index is 667. The molecule has 1 aromatic rings. The van der Waals surface area contributed by atoms with Crippen LogP contribution in [-0.4, -0.2) is 51.8 Å². The van der Waals surface area contributed by atoms with Gasteiger partial charge in [0, 0.05) is 32.1 Å². The van der Waals surface area contributed by atoms with Crippen LogP contribution >= 0.6 is 0 Å². The van der Waals surface area contributed by atoms with Gasteiger partial charge in [-0.3, -0.25) is 9.79 Å². The van der Waals surface area contributed by atoms with E-state index in [9.17, 15) is 13.6 Å². The van der Waals surface area contributed by atoms with Crippen molar-refractivity contribution in [2.45, 2.75) is 32.8 Å². The van der Waals surface area contributed by atoms with Crippen LogP contribution < -0.4 is 25.4 Å². The van der Waals surface area contributed by atoms with Crippen molar-refractivity contribution >= 4 is 11.9 Å². The van der Waals surface area contributed by atoms with E-state index in [2.05, 4.69) is 25.7 Å². The number of aliphatic imine (C=N–C) groups is 1. The highest BCUT2D eigenvalue weighted by molar-refractivity contribution is 5.81. The zero-order valence-corrected chi connectivity index (χ0v) is 16.3. The topological polar surface area (TPSA) is 84.0 Å². The van der Waals surface area contributed by atoms with Crippen molar-refractivity contribution in [2.75, 3.05) is 33.3 Å². The summed E-state index contributed by atoms with van der Waals surface area (Å²) in [6.07, 6.45) is 2.52. The van der Waals surface area contributed by atoms with Crippen LogP contribution in [0.4, 0.5) is 8.78 Å². The molecule has 1 aliphatic carbocycles. The van der Waals surface area contributed by atoms with E-state index in [1.807, 2.05) is 6.92 Å². The third-order valence-electron chi connectivity index (χ3n) is 4.12. The fourth-order valence-electron chi connectivity index (χ4n) is 2.56. The Morgan fingerprint density at radius 1 is 1.21 bits per heavy atom. The molecule has 156 valence electrons. The molecule has 0 saturated heterocycles. The van der Waals surface area contributed by atoms with E-state index in [0.29, 0.717) is 38.6 Å². The predicted molar refractivity (Wildman–Crippen MR) is 103 cm³/mol. The van der Waals surface area contributed by atoms with E-state index in [-0.39, 0.29) is 23.3 Å². The molecule has 7 nitrogen and oxygen atoms in total. The number of alkyl halides is 2. The van der Waals surface area contributed by atoms with Gasteiger partial charge in [-0.05, 0) is 43.9 Å². The van der Waals surface area contributed by atoms with Crippen molar-refractivity contribution in [3.8, 4) is 11.5 Å². The van der Waals surface area contributed by atoms with Gasteiger partial charge in [-0.2, -0.15) is 8.78 Å². The number of ether oxygens (including phenoxy) is 2. The van der Waals surface area contributed by atoms with Gasteiger partial charge in [0.25, 0.3) is 0 Å². The lowest BCUT2D eigenvalue weighted by atomic mass is 10.1. The Kier molecular flexibility index (Phi) is 8.77. The summed E-state index contributed by atoms with van der Waals surface area (Å²) in [7, 11) is 1.40. The second kappa shape index (κ2) is 11.3. The van der Waals surface area contributed by atoms with E-state index in [1.54, 1.807) is 12.1 Å². The molecule has 28 heavy (non-hydrogen) atoms. The van der Waals surface area contributed by atoms with Gasteiger partial charge in [-0.15, -0.1) is 0 Å². The number of rotatable bonds is 11. The molecule has 0 spiro atoms. The first kappa shape index (κ1) is 21.7. The summed E-state index contributed by atoms with van der Waals surface area (Å²) in [6.45, 7) is 1.32. The number of carbonyl (C=O) groups excluding carboxylic acids is 1. The summed E-state index contributed by atoms with van der Waals surface area (Å²) in [5.41, 5.74) is 0.813. The molecule has 2 rings (SSSR count). The van der Waals surface area contributed by atoms with Crippen LogP contribution in [0, 0.1) is 5.92 Å². The van der Waals surface area contributed by atoms with Gasteiger partial charge >= 0.3 is 6.61 Å². The van der Waals surface area contributed by atoms with Crippen molar-refractivity contribution in [1.82, 2.24) is 16.0 Å². The molecule has 9 heteroatoms. The van der Waals surface area contributed by atoms with E-state index >= 15 is 0 Å². The van der Waals surface area contributed by atoms with Crippen LogP contribution in [-0.2, 0) is 11.2 Å². The molecular weight excluding hydrogens is 370 g/mol. The van der Waals surface area contributed by atoms with Gasteiger partial charge in [0.1, 0.15) is 0 Å². The van der Waals surface area contributed by atoms with Crippen molar-refractivity contribution in [2.24, 2.45) is 10.9 Å². The number of nitrogens with one attached hydrogen (secondary N) is 3. The second-order valence-corrected chi connectivity index (χ2v) is 6.37. The molecule has 0 atom stereocenters. The molecule has 0 heterocycles. The molecule has 1 saturated carbocycles. The molecule has 0 bridgehead atoms. The van der Waals surface area contributed by atoms with Crippen molar-refractivity contribution in [3.05, 3.63) is 23.8 Å². The Morgan fingerprint density at radius 2 is 1.96 bits per heavy atom. The monoisotopic (exact) mass is 398 g/mol. The van der Waals surface area contributed by atoms with Crippen LogP contribution in [0.1, 0.15) is 25.3 Å². The smallest absolute Gasteiger partial charge is 0.387 e. The first-order valence-corrected chi connectivity index (χ1v) is 9.45. The van der Waals surface area contributed by atoms with Gasteiger partial charge in [-0.1, -0.05) is 6.07 Å². The third-order valence-corrected chi connectivity index (χ3v) is 4.12. The maximum absolute atomic E-state index is 12.5. The molecule has 0 aromatic heterocycles. The quantitative estimate of drug-likeness (QED) is 0.301. The summed E-state index contributed by atoms with van der Waals surface area (Å²) in [5, 5.41) is 9.17. The maximum atomic E-state index is 12.5. The Morgan fingerprint density at radius 3 is 2.61 bits per heavy atom. The number of hydrogen-bond acceptors (Lipinski definition) is 4. The number of halogens is 2. The fourth-order valence-corrected chi connectivity index (χ4v) is 2.56. The number of methoxy groups -OCH3 is 1. The standard InChI is InChI=1S/C19H28F2N4O3/c1-3-22-19(25-11-10-23-17(26)14-5-6-14)24-9-8-13-4-7-15(27-2)16(12-13)28-18(20)21/h4,7,12,14,18H,3,5-6,8-11H2,1-2H3,(H,23,26)(H2,22,24,25). The summed E-state index contributed by atoms with van der Waals surface area (Å²) in [5.74, 6) is 1.22. The fraction of sp³-hybridized carbons (Fsp3) is 0.579. The zero-order chi connectivity index (χ0) is 20.4. The Labute approximate surface area is 163 Å². The molecule has 1 aromatic carbocycles. The maximum Gasteiger partial charge on any atom is 0.387 e. The van der Waals surface area contributed by atoms with Crippen molar-refractivity contribution < 1.29 is 23.0 Å².